The molecule has 0 radical (unpaired) electrons. The number of nitro benzene ring substituents is 1. The number of phenolic OH excluding ortho intramolecular Hbond substituents is 1. The summed E-state index contributed by atoms with van der Waals surface area (Å²) in [6.45, 7) is 1.57. The number of halogens is 1. The first-order valence-corrected chi connectivity index (χ1v) is 13.7. The van der Waals surface area contributed by atoms with Crippen molar-refractivity contribution in [3.63, 3.8) is 0 Å². The fourth-order valence-corrected chi connectivity index (χ4v) is 7.14. The van der Waals surface area contributed by atoms with E-state index in [1.807, 2.05) is 6.08 Å². The summed E-state index contributed by atoms with van der Waals surface area (Å²) in [6, 6.07) is 8.59. The van der Waals surface area contributed by atoms with Crippen LogP contribution in [0.4, 0.5) is 11.4 Å². The molecule has 0 aromatic heterocycles. The normalized spacial score (nSPS) is 25.4. The Hall–Kier alpha value is -4.38. The van der Waals surface area contributed by atoms with E-state index in [1.54, 1.807) is 19.1 Å². The smallest absolute Gasteiger partial charge is 0.271 e. The molecule has 11 heteroatoms. The monoisotopic (exact) mass is 618 g/mol. The number of methoxy groups -OCH3 is 1. The predicted octanol–water partition coefficient (Wildman–Crippen LogP) is 4.71. The van der Waals surface area contributed by atoms with Gasteiger partial charge in [0, 0.05) is 44.8 Å². The van der Waals surface area contributed by atoms with E-state index in [0.29, 0.717) is 15.6 Å². The molecule has 4 unspecified atom stereocenters. The first-order valence-electron chi connectivity index (χ1n) is 12.9. The summed E-state index contributed by atoms with van der Waals surface area (Å²) in [6.07, 6.45) is 3.38. The van der Waals surface area contributed by atoms with Crippen LogP contribution in [0.25, 0.3) is 0 Å². The van der Waals surface area contributed by atoms with Crippen LogP contribution in [0, 0.1) is 27.9 Å². The van der Waals surface area contributed by atoms with E-state index in [4.69, 9.17) is 4.74 Å². The van der Waals surface area contributed by atoms with Crippen molar-refractivity contribution in [3.05, 3.63) is 91.0 Å². The highest BCUT2D eigenvalue weighted by atomic mass is 79.9. The van der Waals surface area contributed by atoms with Crippen LogP contribution in [0.15, 0.2) is 75.3 Å². The van der Waals surface area contributed by atoms with Crippen molar-refractivity contribution in [1.29, 1.82) is 0 Å². The van der Waals surface area contributed by atoms with Crippen LogP contribution in [-0.4, -0.2) is 40.5 Å². The van der Waals surface area contributed by atoms with Crippen molar-refractivity contribution < 1.29 is 33.9 Å². The van der Waals surface area contributed by atoms with Crippen LogP contribution >= 0.6 is 15.9 Å². The van der Waals surface area contributed by atoms with E-state index < -0.39 is 40.4 Å². The van der Waals surface area contributed by atoms with Crippen molar-refractivity contribution >= 4 is 50.7 Å². The number of amides is 2. The Bertz CT molecular complexity index is 1700. The van der Waals surface area contributed by atoms with Crippen molar-refractivity contribution in [2.24, 2.45) is 17.8 Å². The van der Waals surface area contributed by atoms with E-state index in [-0.39, 0.29) is 64.0 Å². The van der Waals surface area contributed by atoms with Gasteiger partial charge in [0.15, 0.2) is 23.1 Å². The summed E-state index contributed by atoms with van der Waals surface area (Å²) >= 11 is 3.44. The first-order chi connectivity index (χ1) is 19.5. The number of nitrogens with zero attached hydrogens (tertiary/aromatic N) is 2. The zero-order valence-electron chi connectivity index (χ0n) is 21.9. The third kappa shape index (κ3) is 3.98. The number of phenols is 1. The second kappa shape index (κ2) is 9.62. The Morgan fingerprint density at radius 1 is 1.10 bits per heavy atom. The number of nitro groups is 1. The van der Waals surface area contributed by atoms with Gasteiger partial charge in [0.05, 0.1) is 29.6 Å². The average molecular weight is 619 g/mol. The average Bonchev–Trinajstić information content (AvgIpc) is 3.21. The number of Topliss-reactive ketones (excluding diaryl/α,β-unsaturated/α-hetero) is 1. The zero-order chi connectivity index (χ0) is 29.3. The van der Waals surface area contributed by atoms with Gasteiger partial charge in [0.2, 0.25) is 11.8 Å². The Balaban J connectivity index is 1.51. The van der Waals surface area contributed by atoms with Gasteiger partial charge in [0.25, 0.3) is 5.69 Å². The summed E-state index contributed by atoms with van der Waals surface area (Å²) in [5.41, 5.74) is 1.63. The molecule has 0 spiro atoms. The molecule has 2 aromatic carbocycles. The number of fused-ring (bicyclic) bond motifs is 3. The fourth-order valence-electron chi connectivity index (χ4n) is 6.69. The molecule has 1 N–H and O–H groups in total. The molecule has 41 heavy (non-hydrogen) atoms. The lowest BCUT2D eigenvalue weighted by Gasteiger charge is -2.42. The number of benzene rings is 2. The van der Waals surface area contributed by atoms with E-state index in [2.05, 4.69) is 15.9 Å². The largest absolute Gasteiger partial charge is 0.504 e. The second-order valence-electron chi connectivity index (χ2n) is 10.6. The first kappa shape index (κ1) is 26.8. The maximum absolute atomic E-state index is 14.0. The van der Waals surface area contributed by atoms with E-state index in [1.165, 1.54) is 37.5 Å². The molecule has 1 saturated heterocycles. The molecule has 6 rings (SSSR count). The highest BCUT2D eigenvalue weighted by molar-refractivity contribution is 9.10. The Morgan fingerprint density at radius 2 is 1.85 bits per heavy atom. The van der Waals surface area contributed by atoms with E-state index in [0.717, 1.165) is 4.90 Å². The molecule has 10 nitrogen and oxygen atoms in total. The highest BCUT2D eigenvalue weighted by Crippen LogP contribution is 2.57. The molecule has 2 amide bonds. The lowest BCUT2D eigenvalue weighted by atomic mass is 9.59. The lowest BCUT2D eigenvalue weighted by Crippen LogP contribution is -2.39. The highest BCUT2D eigenvalue weighted by Gasteiger charge is 2.57. The standard InChI is InChI=1S/C30H23BrN2O8/c1-13-8-22(34)20-12-19-17(24(26(20)27(13)35)21-9-14(31)10-23(41-2)28(21)36)6-7-18-25(19)30(38)32(29(18)37)15-4-3-5-16(11-15)33(39)40/h3-6,8-11,18-19,24-25,36H,7,12H2,1-2H3. The predicted molar refractivity (Wildman–Crippen MR) is 149 cm³/mol. The summed E-state index contributed by atoms with van der Waals surface area (Å²) < 4.78 is 5.93. The number of imide groups is 1. The van der Waals surface area contributed by atoms with Gasteiger partial charge in [-0.05, 0) is 50.0 Å². The summed E-state index contributed by atoms with van der Waals surface area (Å²) in [7, 11) is 1.40. The molecule has 1 aliphatic heterocycles. The number of aromatic hydroxyl groups is 1. The maximum Gasteiger partial charge on any atom is 0.271 e. The van der Waals surface area contributed by atoms with Gasteiger partial charge in [-0.2, -0.15) is 0 Å². The van der Waals surface area contributed by atoms with Crippen molar-refractivity contribution in [2.45, 2.75) is 25.7 Å². The van der Waals surface area contributed by atoms with Gasteiger partial charge in [-0.25, -0.2) is 4.90 Å². The number of ketones is 2. The van der Waals surface area contributed by atoms with Crippen LogP contribution < -0.4 is 9.64 Å². The summed E-state index contributed by atoms with van der Waals surface area (Å²) in [5.74, 6) is -4.77. The number of carbonyl (C=O) groups excluding carboxylic acids is 4. The molecule has 208 valence electrons. The maximum atomic E-state index is 14.0. The van der Waals surface area contributed by atoms with Gasteiger partial charge < -0.3 is 9.84 Å². The van der Waals surface area contributed by atoms with Crippen LogP contribution in [0.5, 0.6) is 11.5 Å². The molecule has 4 aliphatic rings. The SMILES string of the molecule is COc1cc(Br)cc(C2C3=CCC4C(=O)N(c5cccc([N+](=O)[O-])c5)C(=O)C4C3CC3=C2C(=O)C(C)=CC3=O)c1O. The van der Waals surface area contributed by atoms with Gasteiger partial charge in [-0.15, -0.1) is 0 Å². The molecule has 2 aromatic rings. The number of rotatable bonds is 4. The van der Waals surface area contributed by atoms with Crippen molar-refractivity contribution in [2.75, 3.05) is 12.0 Å². The zero-order valence-corrected chi connectivity index (χ0v) is 23.5. The third-order valence-corrected chi connectivity index (χ3v) is 8.92. The van der Waals surface area contributed by atoms with Crippen LogP contribution in [0.2, 0.25) is 0 Å². The van der Waals surface area contributed by atoms with Gasteiger partial charge in [-0.3, -0.25) is 29.3 Å². The number of hydrogen-bond acceptors (Lipinski definition) is 8. The molecule has 3 aliphatic carbocycles. The molecular weight excluding hydrogens is 596 g/mol. The van der Waals surface area contributed by atoms with Crippen LogP contribution in [0.1, 0.15) is 31.2 Å². The van der Waals surface area contributed by atoms with Gasteiger partial charge >= 0.3 is 0 Å². The molecule has 1 heterocycles. The topological polar surface area (TPSA) is 144 Å². The van der Waals surface area contributed by atoms with Crippen LogP contribution in [0.3, 0.4) is 0 Å². The summed E-state index contributed by atoms with van der Waals surface area (Å²) in [4.78, 5) is 66.2. The fraction of sp³-hybridized carbons (Fsp3) is 0.267. The Labute approximate surface area is 242 Å². The number of hydrogen-bond donors (Lipinski definition) is 1. The number of non-ortho nitro benzene ring substituents is 1. The quantitative estimate of drug-likeness (QED) is 0.171. The minimum absolute atomic E-state index is 0.0703. The third-order valence-electron chi connectivity index (χ3n) is 8.46. The van der Waals surface area contributed by atoms with Gasteiger partial charge in [-0.1, -0.05) is 33.6 Å². The number of allylic oxidation sites excluding steroid dienone is 6. The second-order valence-corrected chi connectivity index (χ2v) is 11.5. The van der Waals surface area contributed by atoms with Crippen molar-refractivity contribution in [1.82, 2.24) is 0 Å². The minimum Gasteiger partial charge on any atom is -0.504 e. The van der Waals surface area contributed by atoms with E-state index >= 15 is 0 Å². The molecular formula is C30H23BrN2O8. The van der Waals surface area contributed by atoms with Crippen LogP contribution in [-0.2, 0) is 19.2 Å². The molecule has 1 fully saturated rings. The lowest BCUT2D eigenvalue weighted by molar-refractivity contribution is -0.384. The minimum atomic E-state index is -0.857. The molecule has 0 saturated carbocycles. The Kier molecular flexibility index (Phi) is 6.29. The van der Waals surface area contributed by atoms with Crippen molar-refractivity contribution in [3.8, 4) is 11.5 Å². The van der Waals surface area contributed by atoms with E-state index in [9.17, 15) is 34.4 Å². The summed E-state index contributed by atoms with van der Waals surface area (Å²) in [5, 5.41) is 22.6. The number of ether oxygens (including phenoxy) is 1. The molecule has 4 atom stereocenters. The van der Waals surface area contributed by atoms with Gasteiger partial charge in [0.1, 0.15) is 0 Å². The Morgan fingerprint density at radius 3 is 2.56 bits per heavy atom. The molecule has 0 bridgehead atoms. The number of carbonyl (C=O) groups is 4. The number of anilines is 1.